The molecule has 0 radical (unpaired) electrons. The van der Waals surface area contributed by atoms with Crippen LogP contribution in [-0.4, -0.2) is 13.0 Å². The van der Waals surface area contributed by atoms with Crippen LogP contribution in [0.15, 0.2) is 42.0 Å². The molecule has 0 saturated heterocycles. The van der Waals surface area contributed by atoms with E-state index in [1.807, 2.05) is 42.5 Å². The molecule has 0 spiro atoms. The first-order valence-corrected chi connectivity index (χ1v) is 7.03. The Morgan fingerprint density at radius 1 is 1.35 bits per heavy atom. The molecule has 1 aromatic carbocycles. The van der Waals surface area contributed by atoms with Gasteiger partial charge < -0.3 is 5.32 Å². The van der Waals surface area contributed by atoms with Crippen molar-refractivity contribution in [3.63, 3.8) is 0 Å². The van der Waals surface area contributed by atoms with Gasteiger partial charge in [0, 0.05) is 27.4 Å². The molecule has 0 unspecified atom stereocenters. The summed E-state index contributed by atoms with van der Waals surface area (Å²) in [6.07, 6.45) is 1.57. The summed E-state index contributed by atoms with van der Waals surface area (Å²) in [4.78, 5) is 13.3. The number of nitriles is 1. The molecule has 0 aliphatic rings. The van der Waals surface area contributed by atoms with Crippen molar-refractivity contribution in [3.05, 3.63) is 51.9 Å². The van der Waals surface area contributed by atoms with Crippen LogP contribution in [0, 0.1) is 11.3 Å². The molecule has 1 amide bonds. The maximum absolute atomic E-state index is 11.5. The van der Waals surface area contributed by atoms with Gasteiger partial charge in [-0.05, 0) is 24.3 Å². The van der Waals surface area contributed by atoms with Crippen molar-refractivity contribution in [3.8, 4) is 16.5 Å². The Kier molecular flexibility index (Phi) is 4.57. The Morgan fingerprint density at radius 3 is 2.75 bits per heavy atom. The summed E-state index contributed by atoms with van der Waals surface area (Å²) in [5.74, 6) is -0.389. The van der Waals surface area contributed by atoms with Gasteiger partial charge in [0.25, 0.3) is 5.91 Å². The van der Waals surface area contributed by atoms with Crippen LogP contribution in [0.2, 0.25) is 5.02 Å². The first-order chi connectivity index (χ1) is 9.65. The summed E-state index contributed by atoms with van der Waals surface area (Å²) >= 11 is 7.63. The number of hydrogen-bond donors (Lipinski definition) is 1. The highest BCUT2D eigenvalue weighted by Gasteiger charge is 2.09. The Labute approximate surface area is 126 Å². The van der Waals surface area contributed by atoms with Gasteiger partial charge in [0.2, 0.25) is 0 Å². The smallest absolute Gasteiger partial charge is 0.261 e. The molecular formula is C15H11ClN2OS. The van der Waals surface area contributed by atoms with Gasteiger partial charge in [-0.25, -0.2) is 0 Å². The average Bonchev–Trinajstić information content (AvgIpc) is 2.92. The molecule has 0 atom stereocenters. The Balaban J connectivity index is 2.35. The molecule has 1 aromatic heterocycles. The number of halogens is 1. The van der Waals surface area contributed by atoms with E-state index in [1.165, 1.54) is 18.4 Å². The van der Waals surface area contributed by atoms with Crippen molar-refractivity contribution in [1.82, 2.24) is 5.32 Å². The van der Waals surface area contributed by atoms with E-state index in [0.29, 0.717) is 5.02 Å². The molecule has 0 aliphatic heterocycles. The van der Waals surface area contributed by atoms with Gasteiger partial charge in [0.05, 0.1) is 0 Å². The molecule has 20 heavy (non-hydrogen) atoms. The number of carbonyl (C=O) groups is 1. The van der Waals surface area contributed by atoms with E-state index in [-0.39, 0.29) is 11.5 Å². The SMILES string of the molecule is CNC(=O)/C(C#N)=C/c1ccc(-c2ccccc2Cl)s1. The monoisotopic (exact) mass is 302 g/mol. The second-order valence-electron chi connectivity index (χ2n) is 3.93. The van der Waals surface area contributed by atoms with Crippen molar-refractivity contribution in [2.75, 3.05) is 7.05 Å². The number of thiophene rings is 1. The standard InChI is InChI=1S/C15H11ClN2OS/c1-18-15(19)10(9-17)8-11-6-7-14(20-11)12-4-2-3-5-13(12)16/h2-8H,1H3,(H,18,19)/b10-8+. The maximum Gasteiger partial charge on any atom is 0.261 e. The predicted molar refractivity (Wildman–Crippen MR) is 82.4 cm³/mol. The number of nitrogens with zero attached hydrogens (tertiary/aromatic N) is 1. The molecular weight excluding hydrogens is 292 g/mol. The summed E-state index contributed by atoms with van der Waals surface area (Å²) < 4.78 is 0. The first kappa shape index (κ1) is 14.3. The van der Waals surface area contributed by atoms with Crippen molar-refractivity contribution in [2.45, 2.75) is 0 Å². The van der Waals surface area contributed by atoms with Crippen molar-refractivity contribution in [2.24, 2.45) is 0 Å². The number of amides is 1. The van der Waals surface area contributed by atoms with E-state index >= 15 is 0 Å². The minimum atomic E-state index is -0.389. The van der Waals surface area contributed by atoms with E-state index < -0.39 is 0 Å². The summed E-state index contributed by atoms with van der Waals surface area (Å²) in [5, 5.41) is 12.1. The third kappa shape index (κ3) is 3.08. The van der Waals surface area contributed by atoms with E-state index in [1.54, 1.807) is 6.08 Å². The molecule has 2 aromatic rings. The molecule has 3 nitrogen and oxygen atoms in total. The van der Waals surface area contributed by atoms with E-state index in [2.05, 4.69) is 5.32 Å². The van der Waals surface area contributed by atoms with Crippen LogP contribution in [-0.2, 0) is 4.79 Å². The highest BCUT2D eigenvalue weighted by atomic mass is 35.5. The summed E-state index contributed by atoms with van der Waals surface area (Å²) in [6, 6.07) is 13.2. The molecule has 0 saturated carbocycles. The minimum absolute atomic E-state index is 0.0834. The topological polar surface area (TPSA) is 52.9 Å². The molecule has 0 aliphatic carbocycles. The third-order valence-electron chi connectivity index (χ3n) is 2.64. The normalized spacial score (nSPS) is 10.9. The van der Waals surface area contributed by atoms with Crippen LogP contribution in [0.5, 0.6) is 0 Å². The summed E-state index contributed by atoms with van der Waals surface area (Å²) in [7, 11) is 1.50. The summed E-state index contributed by atoms with van der Waals surface area (Å²) in [6.45, 7) is 0. The van der Waals surface area contributed by atoms with Gasteiger partial charge in [0.1, 0.15) is 11.6 Å². The average molecular weight is 303 g/mol. The van der Waals surface area contributed by atoms with Crippen LogP contribution in [0.4, 0.5) is 0 Å². The second kappa shape index (κ2) is 6.38. The number of likely N-dealkylation sites (N-methyl/N-ethyl adjacent to an activating group) is 1. The molecule has 2 rings (SSSR count). The second-order valence-corrected chi connectivity index (χ2v) is 5.45. The van der Waals surface area contributed by atoms with Gasteiger partial charge in [-0.1, -0.05) is 29.8 Å². The highest BCUT2D eigenvalue weighted by Crippen LogP contribution is 2.33. The fourth-order valence-corrected chi connectivity index (χ4v) is 2.95. The minimum Gasteiger partial charge on any atom is -0.354 e. The van der Waals surface area contributed by atoms with Crippen LogP contribution in [0.3, 0.4) is 0 Å². The molecule has 5 heteroatoms. The lowest BCUT2D eigenvalue weighted by molar-refractivity contribution is -0.116. The van der Waals surface area contributed by atoms with Gasteiger partial charge in [-0.2, -0.15) is 5.26 Å². The number of hydrogen-bond acceptors (Lipinski definition) is 3. The molecule has 1 heterocycles. The van der Waals surface area contributed by atoms with E-state index in [9.17, 15) is 4.79 Å². The lowest BCUT2D eigenvalue weighted by Gasteiger charge is -1.99. The number of rotatable bonds is 3. The lowest BCUT2D eigenvalue weighted by Crippen LogP contribution is -2.18. The van der Waals surface area contributed by atoms with Crippen molar-refractivity contribution in [1.29, 1.82) is 5.26 Å². The fourth-order valence-electron chi connectivity index (χ4n) is 1.66. The Hall–Kier alpha value is -2.09. The zero-order valence-corrected chi connectivity index (χ0v) is 12.3. The quantitative estimate of drug-likeness (QED) is 0.694. The van der Waals surface area contributed by atoms with Crippen LogP contribution < -0.4 is 5.32 Å². The fraction of sp³-hybridized carbons (Fsp3) is 0.0667. The number of carbonyl (C=O) groups excluding carboxylic acids is 1. The van der Waals surface area contributed by atoms with Crippen molar-refractivity contribution >= 4 is 34.9 Å². The number of benzene rings is 1. The zero-order chi connectivity index (χ0) is 14.5. The molecule has 100 valence electrons. The van der Waals surface area contributed by atoms with Crippen molar-refractivity contribution < 1.29 is 4.79 Å². The molecule has 1 N–H and O–H groups in total. The number of nitrogens with one attached hydrogen (secondary N) is 1. The third-order valence-corrected chi connectivity index (χ3v) is 4.04. The molecule has 0 bridgehead atoms. The maximum atomic E-state index is 11.5. The van der Waals surface area contributed by atoms with E-state index in [0.717, 1.165) is 15.3 Å². The zero-order valence-electron chi connectivity index (χ0n) is 10.7. The Bertz CT molecular complexity index is 713. The lowest BCUT2D eigenvalue weighted by atomic mass is 10.2. The molecule has 0 fully saturated rings. The van der Waals surface area contributed by atoms with Gasteiger partial charge >= 0.3 is 0 Å². The van der Waals surface area contributed by atoms with Gasteiger partial charge in [-0.3, -0.25) is 4.79 Å². The van der Waals surface area contributed by atoms with E-state index in [4.69, 9.17) is 16.9 Å². The largest absolute Gasteiger partial charge is 0.354 e. The first-order valence-electron chi connectivity index (χ1n) is 5.84. The highest BCUT2D eigenvalue weighted by molar-refractivity contribution is 7.16. The van der Waals surface area contributed by atoms with Gasteiger partial charge in [-0.15, -0.1) is 11.3 Å². The summed E-state index contributed by atoms with van der Waals surface area (Å²) in [5.41, 5.74) is 1.03. The predicted octanol–water partition coefficient (Wildman–Crippen LogP) is 3.72. The van der Waals surface area contributed by atoms with Crippen LogP contribution in [0.25, 0.3) is 16.5 Å². The van der Waals surface area contributed by atoms with Gasteiger partial charge in [0.15, 0.2) is 0 Å². The van der Waals surface area contributed by atoms with Crippen LogP contribution in [0.1, 0.15) is 4.88 Å². The van der Waals surface area contributed by atoms with Crippen LogP contribution >= 0.6 is 22.9 Å². The Morgan fingerprint density at radius 2 is 2.10 bits per heavy atom.